The first kappa shape index (κ1) is 12.8. The van der Waals surface area contributed by atoms with E-state index < -0.39 is 11.2 Å². The average molecular weight is 267 g/mol. The van der Waals surface area contributed by atoms with Crippen molar-refractivity contribution in [3.05, 3.63) is 29.0 Å². The van der Waals surface area contributed by atoms with Gasteiger partial charge in [0.15, 0.2) is 0 Å². The van der Waals surface area contributed by atoms with Crippen molar-refractivity contribution < 1.29 is 9.18 Å². The molecule has 94 valence electrons. The first-order chi connectivity index (χ1) is 8.50. The van der Waals surface area contributed by atoms with E-state index in [9.17, 15) is 9.18 Å². The van der Waals surface area contributed by atoms with Gasteiger partial charge in [-0.15, -0.1) is 0 Å². The summed E-state index contributed by atoms with van der Waals surface area (Å²) >= 11 is 5.79. The Balaban J connectivity index is 2.31. The van der Waals surface area contributed by atoms with Crippen molar-refractivity contribution in [2.75, 3.05) is 11.9 Å². The van der Waals surface area contributed by atoms with Gasteiger partial charge in [0.2, 0.25) is 5.91 Å². The minimum absolute atomic E-state index is 0.106. The fourth-order valence-electron chi connectivity index (χ4n) is 2.08. The normalized spacial score (nSPS) is 16.6. The third-order valence-corrected chi connectivity index (χ3v) is 3.64. The molecule has 0 radical (unpaired) electrons. The summed E-state index contributed by atoms with van der Waals surface area (Å²) in [6.07, 6.45) is 1.93. The average Bonchev–Trinajstić information content (AvgIpc) is 2.30. The number of amides is 1. The van der Waals surface area contributed by atoms with Gasteiger partial charge >= 0.3 is 0 Å². The van der Waals surface area contributed by atoms with Crippen LogP contribution in [0.4, 0.5) is 10.1 Å². The summed E-state index contributed by atoms with van der Waals surface area (Å²) in [6.45, 7) is 0. The largest absolute Gasteiger partial charge is 0.311 e. The van der Waals surface area contributed by atoms with Crippen molar-refractivity contribution in [1.29, 1.82) is 5.26 Å². The Hall–Kier alpha value is -1.60. The number of nitrogens with zero attached hydrogens (tertiary/aromatic N) is 2. The summed E-state index contributed by atoms with van der Waals surface area (Å²) in [5.41, 5.74) is -0.877. The zero-order valence-electron chi connectivity index (χ0n) is 9.91. The van der Waals surface area contributed by atoms with Gasteiger partial charge in [0.1, 0.15) is 11.2 Å². The summed E-state index contributed by atoms with van der Waals surface area (Å²) in [4.78, 5) is 13.4. The fourth-order valence-corrected chi connectivity index (χ4v) is 2.24. The fraction of sp³-hybridized carbons (Fsp3) is 0.385. The summed E-state index contributed by atoms with van der Waals surface area (Å²) in [6, 6.07) is 6.07. The van der Waals surface area contributed by atoms with E-state index in [0.717, 1.165) is 6.42 Å². The van der Waals surface area contributed by atoms with E-state index in [2.05, 4.69) is 6.07 Å². The van der Waals surface area contributed by atoms with Gasteiger partial charge < -0.3 is 4.90 Å². The Morgan fingerprint density at radius 3 is 2.72 bits per heavy atom. The first-order valence-corrected chi connectivity index (χ1v) is 6.02. The molecule has 0 bridgehead atoms. The van der Waals surface area contributed by atoms with Gasteiger partial charge in [-0.05, 0) is 37.5 Å². The monoisotopic (exact) mass is 266 g/mol. The van der Waals surface area contributed by atoms with Crippen LogP contribution >= 0.6 is 11.6 Å². The quantitative estimate of drug-likeness (QED) is 0.825. The second-order valence-electron chi connectivity index (χ2n) is 4.51. The zero-order chi connectivity index (χ0) is 13.3. The van der Waals surface area contributed by atoms with Crippen LogP contribution < -0.4 is 4.90 Å². The highest BCUT2D eigenvalue weighted by Gasteiger charge is 2.46. The van der Waals surface area contributed by atoms with E-state index in [-0.39, 0.29) is 11.6 Å². The molecule has 0 spiro atoms. The molecular weight excluding hydrogens is 255 g/mol. The number of rotatable bonds is 2. The van der Waals surface area contributed by atoms with Crippen molar-refractivity contribution >= 4 is 23.2 Å². The van der Waals surface area contributed by atoms with Crippen molar-refractivity contribution in [3.63, 3.8) is 0 Å². The molecule has 0 saturated heterocycles. The van der Waals surface area contributed by atoms with Crippen molar-refractivity contribution in [2.24, 2.45) is 5.41 Å². The van der Waals surface area contributed by atoms with Crippen molar-refractivity contribution in [3.8, 4) is 6.07 Å². The molecule has 0 heterocycles. The third-order valence-electron chi connectivity index (χ3n) is 3.40. The molecule has 0 aromatic heterocycles. The maximum Gasteiger partial charge on any atom is 0.247 e. The Morgan fingerprint density at radius 1 is 1.56 bits per heavy atom. The Kier molecular flexibility index (Phi) is 3.27. The molecule has 18 heavy (non-hydrogen) atoms. The predicted molar refractivity (Wildman–Crippen MR) is 66.7 cm³/mol. The SMILES string of the molecule is CN(C(=O)C1(C#N)CCC1)c1cc(Cl)ccc1F. The third kappa shape index (κ3) is 1.95. The molecule has 5 heteroatoms. The van der Waals surface area contributed by atoms with Crippen LogP contribution in [0.25, 0.3) is 0 Å². The number of carbonyl (C=O) groups is 1. The highest BCUT2D eigenvalue weighted by atomic mass is 35.5. The predicted octanol–water partition coefficient (Wildman–Crippen LogP) is 3.14. The second-order valence-corrected chi connectivity index (χ2v) is 4.94. The molecule has 3 nitrogen and oxygen atoms in total. The lowest BCUT2D eigenvalue weighted by molar-refractivity contribution is -0.128. The minimum Gasteiger partial charge on any atom is -0.311 e. The van der Waals surface area contributed by atoms with Crippen molar-refractivity contribution in [1.82, 2.24) is 0 Å². The van der Waals surface area contributed by atoms with Gasteiger partial charge in [-0.3, -0.25) is 4.79 Å². The van der Waals surface area contributed by atoms with Gasteiger partial charge in [0, 0.05) is 12.1 Å². The molecule has 1 aromatic rings. The number of nitriles is 1. The van der Waals surface area contributed by atoms with Crippen LogP contribution in [0.5, 0.6) is 0 Å². The maximum absolute atomic E-state index is 13.7. The van der Waals surface area contributed by atoms with Gasteiger partial charge in [0.05, 0.1) is 11.8 Å². The molecule has 1 aromatic carbocycles. The van der Waals surface area contributed by atoms with Crippen LogP contribution in [0.3, 0.4) is 0 Å². The maximum atomic E-state index is 13.7. The van der Waals surface area contributed by atoms with Crippen LogP contribution in [0, 0.1) is 22.6 Å². The lowest BCUT2D eigenvalue weighted by Crippen LogP contribution is -2.46. The number of benzene rings is 1. The smallest absolute Gasteiger partial charge is 0.247 e. The van der Waals surface area contributed by atoms with E-state index in [1.165, 1.54) is 30.1 Å². The Morgan fingerprint density at radius 2 is 2.22 bits per heavy atom. The number of hydrogen-bond donors (Lipinski definition) is 0. The summed E-state index contributed by atoms with van der Waals surface area (Å²) in [5.74, 6) is -0.889. The van der Waals surface area contributed by atoms with E-state index in [1.54, 1.807) is 0 Å². The lowest BCUT2D eigenvalue weighted by Gasteiger charge is -2.36. The second kappa shape index (κ2) is 4.58. The van der Waals surface area contributed by atoms with Gasteiger partial charge in [0.25, 0.3) is 0 Å². The molecule has 1 amide bonds. The molecule has 1 aliphatic rings. The van der Waals surface area contributed by atoms with E-state index in [1.807, 2.05) is 0 Å². The Bertz CT molecular complexity index is 534. The summed E-state index contributed by atoms with van der Waals surface area (Å²) in [7, 11) is 1.47. The number of halogens is 2. The number of anilines is 1. The van der Waals surface area contributed by atoms with E-state index in [4.69, 9.17) is 16.9 Å². The molecule has 0 N–H and O–H groups in total. The molecule has 1 aliphatic carbocycles. The summed E-state index contributed by atoms with van der Waals surface area (Å²) < 4.78 is 13.7. The highest BCUT2D eigenvalue weighted by molar-refractivity contribution is 6.31. The van der Waals surface area contributed by atoms with Crippen LogP contribution in [-0.2, 0) is 4.79 Å². The molecule has 0 aliphatic heterocycles. The van der Waals surface area contributed by atoms with E-state index >= 15 is 0 Å². The molecule has 1 fully saturated rings. The first-order valence-electron chi connectivity index (χ1n) is 5.65. The van der Waals surface area contributed by atoms with Crippen LogP contribution in [0.1, 0.15) is 19.3 Å². The minimum atomic E-state index is -0.983. The van der Waals surface area contributed by atoms with Crippen LogP contribution in [0.2, 0.25) is 5.02 Å². The molecule has 1 saturated carbocycles. The Labute approximate surface area is 110 Å². The van der Waals surface area contributed by atoms with Crippen molar-refractivity contribution in [2.45, 2.75) is 19.3 Å². The molecule has 0 unspecified atom stereocenters. The lowest BCUT2D eigenvalue weighted by atomic mass is 9.69. The van der Waals surface area contributed by atoms with Gasteiger partial charge in [-0.2, -0.15) is 5.26 Å². The molecule has 0 atom stereocenters. The van der Waals surface area contributed by atoms with Gasteiger partial charge in [-0.25, -0.2) is 4.39 Å². The number of hydrogen-bond acceptors (Lipinski definition) is 2. The standard InChI is InChI=1S/C13H12ClFN2O/c1-17(11-7-9(14)3-4-10(11)15)12(18)13(8-16)5-2-6-13/h3-4,7H,2,5-6H2,1H3. The molecule has 2 rings (SSSR count). The van der Waals surface area contributed by atoms with E-state index in [0.29, 0.717) is 17.9 Å². The number of carbonyl (C=O) groups excluding carboxylic acids is 1. The van der Waals surface area contributed by atoms with Crippen LogP contribution in [-0.4, -0.2) is 13.0 Å². The van der Waals surface area contributed by atoms with Crippen LogP contribution in [0.15, 0.2) is 18.2 Å². The topological polar surface area (TPSA) is 44.1 Å². The zero-order valence-corrected chi connectivity index (χ0v) is 10.7. The highest BCUT2D eigenvalue weighted by Crippen LogP contribution is 2.42. The van der Waals surface area contributed by atoms with Gasteiger partial charge in [-0.1, -0.05) is 11.6 Å². The summed E-state index contributed by atoms with van der Waals surface area (Å²) in [5, 5.41) is 9.46. The molecular formula is C13H12ClFN2O.